The van der Waals surface area contributed by atoms with E-state index in [0.29, 0.717) is 17.7 Å². The van der Waals surface area contributed by atoms with E-state index in [0.717, 1.165) is 5.56 Å². The molecule has 0 spiro atoms. The number of carbonyl (C=O) groups excluding carboxylic acids is 1. The molecular formula is C15H22ClF3N2O2. The molecule has 0 aliphatic heterocycles. The van der Waals surface area contributed by atoms with E-state index in [1.54, 1.807) is 33.0 Å². The second-order valence-electron chi connectivity index (χ2n) is 5.25. The molecule has 1 amide bonds. The van der Waals surface area contributed by atoms with Crippen molar-refractivity contribution in [2.45, 2.75) is 33.0 Å². The normalized spacial score (nSPS) is 10.9. The lowest BCUT2D eigenvalue weighted by molar-refractivity contribution is -0.153. The molecule has 0 bridgehead atoms. The van der Waals surface area contributed by atoms with Crippen molar-refractivity contribution in [2.24, 2.45) is 5.73 Å². The predicted molar refractivity (Wildman–Crippen MR) is 84.9 cm³/mol. The molecule has 23 heavy (non-hydrogen) atoms. The van der Waals surface area contributed by atoms with Crippen molar-refractivity contribution in [1.29, 1.82) is 0 Å². The first-order chi connectivity index (χ1) is 10.1. The molecule has 0 radical (unpaired) electrons. The summed E-state index contributed by atoms with van der Waals surface area (Å²) in [5, 5.41) is 0. The molecule has 1 aromatic rings. The van der Waals surface area contributed by atoms with Crippen LogP contribution < -0.4 is 10.5 Å². The highest BCUT2D eigenvalue weighted by atomic mass is 35.5. The molecule has 0 aliphatic carbocycles. The zero-order valence-electron chi connectivity index (χ0n) is 13.4. The molecule has 0 saturated heterocycles. The Morgan fingerprint density at radius 1 is 1.26 bits per heavy atom. The Balaban J connectivity index is 0.00000484. The van der Waals surface area contributed by atoms with Gasteiger partial charge in [-0.05, 0) is 30.5 Å². The van der Waals surface area contributed by atoms with Gasteiger partial charge < -0.3 is 15.4 Å². The molecule has 8 heteroatoms. The standard InChI is InChI=1S/C15H21F3N2O2.ClH/c1-10-6-12(8-20(3)13(21)4-5-19)7-11(2)14(10)22-9-15(16,17)18;/h6-7H,4-5,8-9,19H2,1-3H3;1H. The number of ether oxygens (including phenoxy) is 1. The highest BCUT2D eigenvalue weighted by Crippen LogP contribution is 2.27. The largest absolute Gasteiger partial charge is 0.484 e. The van der Waals surface area contributed by atoms with Crippen LogP contribution in [0, 0.1) is 13.8 Å². The van der Waals surface area contributed by atoms with Crippen LogP contribution in [0.15, 0.2) is 12.1 Å². The number of amides is 1. The number of nitrogens with two attached hydrogens (primary N) is 1. The second-order valence-corrected chi connectivity index (χ2v) is 5.25. The van der Waals surface area contributed by atoms with E-state index in [9.17, 15) is 18.0 Å². The van der Waals surface area contributed by atoms with Crippen LogP contribution in [0.4, 0.5) is 13.2 Å². The molecule has 0 fully saturated rings. The zero-order valence-corrected chi connectivity index (χ0v) is 14.2. The third kappa shape index (κ3) is 7.09. The molecule has 0 unspecified atom stereocenters. The van der Waals surface area contributed by atoms with Gasteiger partial charge in [-0.15, -0.1) is 12.4 Å². The summed E-state index contributed by atoms with van der Waals surface area (Å²) in [6, 6.07) is 3.45. The minimum Gasteiger partial charge on any atom is -0.484 e. The molecule has 0 saturated carbocycles. The number of halogens is 4. The van der Waals surface area contributed by atoms with Crippen LogP contribution >= 0.6 is 12.4 Å². The molecule has 0 aliphatic rings. The van der Waals surface area contributed by atoms with Gasteiger partial charge in [0.1, 0.15) is 5.75 Å². The number of hydrogen-bond donors (Lipinski definition) is 1. The Bertz CT molecular complexity index is 513. The summed E-state index contributed by atoms with van der Waals surface area (Å²) >= 11 is 0. The fourth-order valence-electron chi connectivity index (χ4n) is 2.19. The van der Waals surface area contributed by atoms with Crippen molar-refractivity contribution in [3.63, 3.8) is 0 Å². The summed E-state index contributed by atoms with van der Waals surface area (Å²) in [6.45, 7) is 2.71. The van der Waals surface area contributed by atoms with E-state index in [2.05, 4.69) is 0 Å². The van der Waals surface area contributed by atoms with Crippen molar-refractivity contribution in [3.8, 4) is 5.75 Å². The van der Waals surface area contributed by atoms with E-state index < -0.39 is 12.8 Å². The average Bonchev–Trinajstić information content (AvgIpc) is 2.36. The lowest BCUT2D eigenvalue weighted by Gasteiger charge is -2.19. The summed E-state index contributed by atoms with van der Waals surface area (Å²) in [5.74, 6) is 0.159. The topological polar surface area (TPSA) is 55.6 Å². The molecule has 0 aromatic heterocycles. The van der Waals surface area contributed by atoms with Crippen molar-refractivity contribution >= 4 is 18.3 Å². The molecule has 1 rings (SSSR count). The maximum absolute atomic E-state index is 12.2. The first-order valence-electron chi connectivity index (χ1n) is 6.87. The fourth-order valence-corrected chi connectivity index (χ4v) is 2.19. The van der Waals surface area contributed by atoms with Crippen molar-refractivity contribution in [1.82, 2.24) is 4.90 Å². The first kappa shape index (κ1) is 21.5. The Hall–Kier alpha value is -1.47. The monoisotopic (exact) mass is 354 g/mol. The summed E-state index contributed by atoms with van der Waals surface area (Å²) in [6.07, 6.45) is -4.10. The number of aryl methyl sites for hydroxylation is 2. The van der Waals surface area contributed by atoms with Crippen LogP contribution in [-0.4, -0.2) is 37.2 Å². The Labute approximate surface area is 140 Å². The number of nitrogens with zero attached hydrogens (tertiary/aromatic N) is 1. The zero-order chi connectivity index (χ0) is 16.9. The van der Waals surface area contributed by atoms with Crippen LogP contribution in [0.5, 0.6) is 5.75 Å². The first-order valence-corrected chi connectivity index (χ1v) is 6.87. The maximum atomic E-state index is 12.2. The third-order valence-corrected chi connectivity index (χ3v) is 3.10. The summed E-state index contributed by atoms with van der Waals surface area (Å²) in [5.41, 5.74) is 7.40. The molecule has 132 valence electrons. The van der Waals surface area contributed by atoms with Gasteiger partial charge in [0.05, 0.1) is 0 Å². The molecule has 0 atom stereocenters. The summed E-state index contributed by atoms with van der Waals surface area (Å²) < 4.78 is 41.6. The van der Waals surface area contributed by atoms with Gasteiger partial charge >= 0.3 is 6.18 Å². The molecule has 1 aromatic carbocycles. The van der Waals surface area contributed by atoms with E-state index >= 15 is 0 Å². The van der Waals surface area contributed by atoms with Gasteiger partial charge in [0, 0.05) is 26.6 Å². The van der Waals surface area contributed by atoms with Crippen LogP contribution in [-0.2, 0) is 11.3 Å². The quantitative estimate of drug-likeness (QED) is 0.854. The molecule has 0 heterocycles. The number of carbonyl (C=O) groups is 1. The SMILES string of the molecule is Cc1cc(CN(C)C(=O)CCN)cc(C)c1OCC(F)(F)F.Cl. The lowest BCUT2D eigenvalue weighted by Crippen LogP contribution is -2.28. The highest BCUT2D eigenvalue weighted by Gasteiger charge is 2.29. The van der Waals surface area contributed by atoms with E-state index in [1.165, 1.54) is 4.90 Å². The van der Waals surface area contributed by atoms with Gasteiger partial charge in [-0.25, -0.2) is 0 Å². The van der Waals surface area contributed by atoms with Crippen LogP contribution in [0.25, 0.3) is 0 Å². The van der Waals surface area contributed by atoms with Gasteiger partial charge in [0.25, 0.3) is 0 Å². The Morgan fingerprint density at radius 3 is 2.22 bits per heavy atom. The van der Waals surface area contributed by atoms with Crippen molar-refractivity contribution in [3.05, 3.63) is 28.8 Å². The summed E-state index contributed by atoms with van der Waals surface area (Å²) in [7, 11) is 1.66. The second kappa shape index (κ2) is 8.98. The molecular weight excluding hydrogens is 333 g/mol. The van der Waals surface area contributed by atoms with Gasteiger partial charge in [0.2, 0.25) is 5.91 Å². The lowest BCUT2D eigenvalue weighted by atomic mass is 10.1. The van der Waals surface area contributed by atoms with Gasteiger partial charge in [0.15, 0.2) is 6.61 Å². The smallest absolute Gasteiger partial charge is 0.422 e. The van der Waals surface area contributed by atoms with Gasteiger partial charge in [-0.1, -0.05) is 12.1 Å². The number of benzene rings is 1. The Morgan fingerprint density at radius 2 is 1.78 bits per heavy atom. The van der Waals surface area contributed by atoms with Crippen LogP contribution in [0.3, 0.4) is 0 Å². The van der Waals surface area contributed by atoms with Crippen molar-refractivity contribution in [2.75, 3.05) is 20.2 Å². The predicted octanol–water partition coefficient (Wildman–Crippen LogP) is 2.97. The number of alkyl halides is 3. The summed E-state index contributed by atoms with van der Waals surface area (Å²) in [4.78, 5) is 13.2. The van der Waals surface area contributed by atoms with Gasteiger partial charge in [-0.2, -0.15) is 13.2 Å². The third-order valence-electron chi connectivity index (χ3n) is 3.10. The van der Waals surface area contributed by atoms with E-state index in [1.807, 2.05) is 0 Å². The number of hydrogen-bond acceptors (Lipinski definition) is 3. The highest BCUT2D eigenvalue weighted by molar-refractivity contribution is 5.85. The maximum Gasteiger partial charge on any atom is 0.422 e. The van der Waals surface area contributed by atoms with Gasteiger partial charge in [-0.3, -0.25) is 4.79 Å². The van der Waals surface area contributed by atoms with Crippen LogP contribution in [0.2, 0.25) is 0 Å². The molecule has 2 N–H and O–H groups in total. The fraction of sp³-hybridized carbons (Fsp3) is 0.533. The number of rotatable bonds is 6. The minimum atomic E-state index is -4.37. The van der Waals surface area contributed by atoms with E-state index in [-0.39, 0.29) is 37.0 Å². The average molecular weight is 355 g/mol. The van der Waals surface area contributed by atoms with Crippen molar-refractivity contribution < 1.29 is 22.7 Å². The minimum absolute atomic E-state index is 0. The van der Waals surface area contributed by atoms with Crippen LogP contribution in [0.1, 0.15) is 23.1 Å². The Kier molecular flexibility index (Phi) is 8.41. The van der Waals surface area contributed by atoms with E-state index in [4.69, 9.17) is 10.5 Å². The molecule has 4 nitrogen and oxygen atoms in total.